The van der Waals surface area contributed by atoms with E-state index in [2.05, 4.69) is 35.4 Å². The summed E-state index contributed by atoms with van der Waals surface area (Å²) in [6.07, 6.45) is 1.72. The van der Waals surface area contributed by atoms with Gasteiger partial charge in [-0.3, -0.25) is 0 Å². The molecule has 5 heteroatoms. The van der Waals surface area contributed by atoms with Gasteiger partial charge < -0.3 is 19.9 Å². The van der Waals surface area contributed by atoms with Gasteiger partial charge in [0.15, 0.2) is 0 Å². The lowest BCUT2D eigenvalue weighted by Crippen LogP contribution is -2.42. The third-order valence-corrected chi connectivity index (χ3v) is 5.15. The van der Waals surface area contributed by atoms with Gasteiger partial charge in [0.1, 0.15) is 5.75 Å². The van der Waals surface area contributed by atoms with E-state index < -0.39 is 0 Å². The normalized spacial score (nSPS) is 16.4. The Balaban J connectivity index is 1.64. The minimum absolute atomic E-state index is 0.0425. The highest BCUT2D eigenvalue weighted by Crippen LogP contribution is 2.36. The Hall–Kier alpha value is -2.95. The zero-order valence-corrected chi connectivity index (χ0v) is 15.1. The van der Waals surface area contributed by atoms with Crippen LogP contribution in [0.2, 0.25) is 0 Å². The summed E-state index contributed by atoms with van der Waals surface area (Å²) in [5, 5.41) is 4.28. The predicted octanol–water partition coefficient (Wildman–Crippen LogP) is 4.72. The third-order valence-electron chi connectivity index (χ3n) is 5.15. The SMILES string of the molecule is CCC1c2[nH]c3ccccc3c2CCN1C(=O)Nc1ccccc1OC. The zero-order chi connectivity index (χ0) is 18.1. The topological polar surface area (TPSA) is 57.4 Å². The van der Waals surface area contributed by atoms with Crippen LogP contribution >= 0.6 is 0 Å². The second kappa shape index (κ2) is 6.75. The number of H-pyrrole nitrogens is 1. The Morgan fingerprint density at radius 2 is 2.00 bits per heavy atom. The molecule has 0 bridgehead atoms. The molecule has 2 amide bonds. The first-order chi connectivity index (χ1) is 12.7. The molecule has 0 saturated carbocycles. The van der Waals surface area contributed by atoms with Crippen LogP contribution in [0.4, 0.5) is 10.5 Å². The van der Waals surface area contributed by atoms with Gasteiger partial charge in [0.05, 0.1) is 18.8 Å². The van der Waals surface area contributed by atoms with E-state index >= 15 is 0 Å². The van der Waals surface area contributed by atoms with E-state index in [0.717, 1.165) is 24.1 Å². The largest absolute Gasteiger partial charge is 0.495 e. The maximum Gasteiger partial charge on any atom is 0.322 e. The van der Waals surface area contributed by atoms with E-state index in [4.69, 9.17) is 4.74 Å². The van der Waals surface area contributed by atoms with Crippen molar-refractivity contribution < 1.29 is 9.53 Å². The summed E-state index contributed by atoms with van der Waals surface area (Å²) in [5.74, 6) is 0.664. The smallest absolute Gasteiger partial charge is 0.322 e. The average molecular weight is 349 g/mol. The van der Waals surface area contributed by atoms with Crippen molar-refractivity contribution >= 4 is 22.6 Å². The van der Waals surface area contributed by atoms with Crippen molar-refractivity contribution in [3.8, 4) is 5.75 Å². The molecule has 2 heterocycles. The molecule has 26 heavy (non-hydrogen) atoms. The van der Waals surface area contributed by atoms with E-state index in [1.807, 2.05) is 35.2 Å². The number of aromatic amines is 1. The van der Waals surface area contributed by atoms with Crippen LogP contribution in [0.3, 0.4) is 0 Å². The molecule has 0 aliphatic carbocycles. The number of benzene rings is 2. The molecule has 4 rings (SSSR count). The lowest BCUT2D eigenvalue weighted by Gasteiger charge is -2.35. The number of carbonyl (C=O) groups excluding carboxylic acids is 1. The van der Waals surface area contributed by atoms with Crippen molar-refractivity contribution in [3.63, 3.8) is 0 Å². The molecule has 1 unspecified atom stereocenters. The van der Waals surface area contributed by atoms with Gasteiger partial charge in [0.25, 0.3) is 0 Å². The van der Waals surface area contributed by atoms with Gasteiger partial charge in [-0.05, 0) is 36.6 Å². The highest BCUT2D eigenvalue weighted by Gasteiger charge is 2.32. The van der Waals surface area contributed by atoms with Gasteiger partial charge in [-0.25, -0.2) is 4.79 Å². The molecule has 1 atom stereocenters. The molecule has 0 saturated heterocycles. The first-order valence-electron chi connectivity index (χ1n) is 9.03. The fourth-order valence-corrected chi connectivity index (χ4v) is 3.92. The number of hydrogen-bond acceptors (Lipinski definition) is 2. The maximum absolute atomic E-state index is 13.0. The summed E-state index contributed by atoms with van der Waals surface area (Å²) in [6, 6.07) is 15.8. The number of nitrogens with one attached hydrogen (secondary N) is 2. The third kappa shape index (κ3) is 2.69. The molecule has 2 N–H and O–H groups in total. The monoisotopic (exact) mass is 349 g/mol. The Morgan fingerprint density at radius 1 is 1.23 bits per heavy atom. The molecule has 134 valence electrons. The quantitative estimate of drug-likeness (QED) is 0.719. The number of rotatable bonds is 3. The number of carbonyl (C=O) groups is 1. The molecule has 1 aliphatic rings. The number of fused-ring (bicyclic) bond motifs is 3. The van der Waals surface area contributed by atoms with Crippen molar-refractivity contribution in [2.45, 2.75) is 25.8 Å². The summed E-state index contributed by atoms with van der Waals surface area (Å²) >= 11 is 0. The minimum atomic E-state index is -0.0920. The predicted molar refractivity (Wildman–Crippen MR) is 104 cm³/mol. The van der Waals surface area contributed by atoms with Crippen LogP contribution < -0.4 is 10.1 Å². The number of aromatic nitrogens is 1. The van der Waals surface area contributed by atoms with E-state index in [0.29, 0.717) is 18.0 Å². The van der Waals surface area contributed by atoms with Crippen LogP contribution in [0.1, 0.15) is 30.6 Å². The Bertz CT molecular complexity index is 947. The molecule has 3 aromatic rings. The van der Waals surface area contributed by atoms with Crippen LogP contribution in [0.25, 0.3) is 10.9 Å². The van der Waals surface area contributed by atoms with Crippen molar-refractivity contribution in [1.82, 2.24) is 9.88 Å². The number of urea groups is 1. The number of ether oxygens (including phenoxy) is 1. The molecule has 2 aromatic carbocycles. The highest BCUT2D eigenvalue weighted by atomic mass is 16.5. The molecule has 0 spiro atoms. The minimum Gasteiger partial charge on any atom is -0.495 e. The Morgan fingerprint density at radius 3 is 2.81 bits per heavy atom. The molecule has 1 aromatic heterocycles. The standard InChI is InChI=1S/C21H23N3O2/c1-3-18-20-15(14-8-4-5-9-16(14)22-20)12-13-24(18)21(25)23-17-10-6-7-11-19(17)26-2/h4-11,18,22H,3,12-13H2,1-2H3,(H,23,25). The van der Waals surface area contributed by atoms with Crippen molar-refractivity contribution in [2.24, 2.45) is 0 Å². The Labute approximate surface area is 153 Å². The lowest BCUT2D eigenvalue weighted by molar-refractivity contribution is 0.179. The Kier molecular flexibility index (Phi) is 4.29. The second-order valence-corrected chi connectivity index (χ2v) is 6.56. The lowest BCUT2D eigenvalue weighted by atomic mass is 9.96. The van der Waals surface area contributed by atoms with Crippen molar-refractivity contribution in [1.29, 1.82) is 0 Å². The van der Waals surface area contributed by atoms with Gasteiger partial charge >= 0.3 is 6.03 Å². The summed E-state index contributed by atoms with van der Waals surface area (Å²) in [5.41, 5.74) is 4.34. The van der Waals surface area contributed by atoms with Gasteiger partial charge in [0.2, 0.25) is 0 Å². The fraction of sp³-hybridized carbons (Fsp3) is 0.286. The molecule has 1 aliphatic heterocycles. The number of para-hydroxylation sites is 3. The molecule has 0 fully saturated rings. The summed E-state index contributed by atoms with van der Waals surface area (Å²) in [6.45, 7) is 2.82. The number of anilines is 1. The second-order valence-electron chi connectivity index (χ2n) is 6.56. The van der Waals surface area contributed by atoms with Crippen LogP contribution in [0, 0.1) is 0 Å². The van der Waals surface area contributed by atoms with E-state index in [9.17, 15) is 4.79 Å². The highest BCUT2D eigenvalue weighted by molar-refractivity contribution is 5.92. The van der Waals surface area contributed by atoms with Crippen molar-refractivity contribution in [2.75, 3.05) is 19.0 Å². The van der Waals surface area contributed by atoms with Crippen LogP contribution in [0.5, 0.6) is 5.75 Å². The first-order valence-corrected chi connectivity index (χ1v) is 9.03. The molecular weight excluding hydrogens is 326 g/mol. The van der Waals surface area contributed by atoms with Crippen molar-refractivity contribution in [3.05, 3.63) is 59.8 Å². The van der Waals surface area contributed by atoms with E-state index in [-0.39, 0.29) is 12.1 Å². The van der Waals surface area contributed by atoms with E-state index in [1.54, 1.807) is 7.11 Å². The van der Waals surface area contributed by atoms with Gasteiger partial charge in [0, 0.05) is 23.1 Å². The zero-order valence-electron chi connectivity index (χ0n) is 15.1. The van der Waals surface area contributed by atoms with Gasteiger partial charge in [-0.15, -0.1) is 0 Å². The number of nitrogens with zero attached hydrogens (tertiary/aromatic N) is 1. The molecule has 0 radical (unpaired) electrons. The fourth-order valence-electron chi connectivity index (χ4n) is 3.92. The van der Waals surface area contributed by atoms with Crippen LogP contribution in [-0.4, -0.2) is 29.6 Å². The molecular formula is C21H23N3O2. The van der Waals surface area contributed by atoms with Gasteiger partial charge in [-0.2, -0.15) is 0 Å². The first kappa shape index (κ1) is 16.5. The molecule has 5 nitrogen and oxygen atoms in total. The number of methoxy groups -OCH3 is 1. The summed E-state index contributed by atoms with van der Waals surface area (Å²) in [7, 11) is 1.61. The maximum atomic E-state index is 13.0. The summed E-state index contributed by atoms with van der Waals surface area (Å²) in [4.78, 5) is 18.4. The van der Waals surface area contributed by atoms with Gasteiger partial charge in [-0.1, -0.05) is 37.3 Å². The average Bonchev–Trinajstić information content (AvgIpc) is 3.06. The number of hydrogen-bond donors (Lipinski definition) is 2. The van der Waals surface area contributed by atoms with E-state index in [1.165, 1.54) is 10.9 Å². The summed E-state index contributed by atoms with van der Waals surface area (Å²) < 4.78 is 5.34. The number of amides is 2. The van der Waals surface area contributed by atoms with Crippen LogP contribution in [0.15, 0.2) is 48.5 Å². The van der Waals surface area contributed by atoms with Crippen LogP contribution in [-0.2, 0) is 6.42 Å².